The fourth-order valence-corrected chi connectivity index (χ4v) is 4.04. The lowest BCUT2D eigenvalue weighted by Crippen LogP contribution is -2.40. The van der Waals surface area contributed by atoms with Crippen LogP contribution in [0.1, 0.15) is 28.5 Å². The number of anilines is 2. The SMILES string of the molecule is CCN(C)c1nc(N2CCOCC2)nc2c1CN(C(=O)c1cc(OC)cc(OC)c1)CC2. The summed E-state index contributed by atoms with van der Waals surface area (Å²) in [5, 5.41) is 0. The third kappa shape index (κ3) is 4.43. The van der Waals surface area contributed by atoms with Crippen LogP contribution in [0.15, 0.2) is 18.2 Å². The summed E-state index contributed by atoms with van der Waals surface area (Å²) in [6.45, 7) is 6.92. The molecular formula is C23H31N5O4. The second-order valence-electron chi connectivity index (χ2n) is 7.96. The minimum absolute atomic E-state index is 0.0600. The molecule has 2 aromatic rings. The third-order valence-electron chi connectivity index (χ3n) is 6.04. The Bertz CT molecular complexity index is 955. The van der Waals surface area contributed by atoms with E-state index in [4.69, 9.17) is 24.2 Å². The van der Waals surface area contributed by atoms with Crippen molar-refractivity contribution in [2.75, 3.05) is 70.5 Å². The van der Waals surface area contributed by atoms with E-state index in [2.05, 4.69) is 16.7 Å². The van der Waals surface area contributed by atoms with E-state index in [0.29, 0.717) is 49.8 Å². The number of aromatic nitrogens is 2. The Hall–Kier alpha value is -3.07. The molecule has 1 amide bonds. The largest absolute Gasteiger partial charge is 0.497 e. The third-order valence-corrected chi connectivity index (χ3v) is 6.04. The molecule has 3 heterocycles. The summed E-state index contributed by atoms with van der Waals surface area (Å²) in [6, 6.07) is 5.26. The molecule has 1 saturated heterocycles. The number of morpholine rings is 1. The molecule has 0 saturated carbocycles. The van der Waals surface area contributed by atoms with E-state index in [1.807, 2.05) is 11.9 Å². The highest BCUT2D eigenvalue weighted by molar-refractivity contribution is 5.95. The lowest BCUT2D eigenvalue weighted by atomic mass is 10.0. The van der Waals surface area contributed by atoms with E-state index in [0.717, 1.165) is 42.7 Å². The summed E-state index contributed by atoms with van der Waals surface area (Å²) < 4.78 is 16.2. The number of nitrogens with zero attached hydrogens (tertiary/aromatic N) is 5. The zero-order valence-electron chi connectivity index (χ0n) is 19.3. The molecule has 0 bridgehead atoms. The van der Waals surface area contributed by atoms with Gasteiger partial charge in [0.15, 0.2) is 0 Å². The van der Waals surface area contributed by atoms with Crippen LogP contribution in [-0.4, -0.2) is 81.4 Å². The van der Waals surface area contributed by atoms with Crippen LogP contribution in [0.4, 0.5) is 11.8 Å². The van der Waals surface area contributed by atoms with Gasteiger partial charge in [-0.05, 0) is 19.1 Å². The van der Waals surface area contributed by atoms with Gasteiger partial charge in [-0.25, -0.2) is 4.98 Å². The quantitative estimate of drug-likeness (QED) is 0.673. The van der Waals surface area contributed by atoms with Crippen molar-refractivity contribution in [1.29, 1.82) is 0 Å². The van der Waals surface area contributed by atoms with E-state index >= 15 is 0 Å². The molecule has 1 aromatic heterocycles. The summed E-state index contributed by atoms with van der Waals surface area (Å²) in [7, 11) is 5.19. The van der Waals surface area contributed by atoms with Gasteiger partial charge in [0.1, 0.15) is 17.3 Å². The zero-order valence-corrected chi connectivity index (χ0v) is 19.3. The first-order valence-corrected chi connectivity index (χ1v) is 11.0. The van der Waals surface area contributed by atoms with Crippen molar-refractivity contribution in [3.8, 4) is 11.5 Å². The van der Waals surface area contributed by atoms with E-state index in [9.17, 15) is 4.79 Å². The summed E-state index contributed by atoms with van der Waals surface area (Å²) in [4.78, 5) is 29.3. The highest BCUT2D eigenvalue weighted by Crippen LogP contribution is 2.30. The summed E-state index contributed by atoms with van der Waals surface area (Å²) >= 11 is 0. The summed E-state index contributed by atoms with van der Waals surface area (Å²) in [6.07, 6.45) is 0.687. The monoisotopic (exact) mass is 441 g/mol. The molecule has 2 aliphatic heterocycles. The van der Waals surface area contributed by atoms with Gasteiger partial charge in [0.05, 0.1) is 39.7 Å². The maximum atomic E-state index is 13.3. The zero-order chi connectivity index (χ0) is 22.7. The molecular weight excluding hydrogens is 410 g/mol. The Labute approximate surface area is 188 Å². The number of benzene rings is 1. The number of ether oxygens (including phenoxy) is 3. The van der Waals surface area contributed by atoms with Crippen LogP contribution >= 0.6 is 0 Å². The van der Waals surface area contributed by atoms with Crippen LogP contribution in [0.2, 0.25) is 0 Å². The predicted molar refractivity (Wildman–Crippen MR) is 122 cm³/mol. The van der Waals surface area contributed by atoms with Crippen LogP contribution < -0.4 is 19.3 Å². The summed E-state index contributed by atoms with van der Waals surface area (Å²) in [5.74, 6) is 2.76. The van der Waals surface area contributed by atoms with Gasteiger partial charge < -0.3 is 28.9 Å². The lowest BCUT2D eigenvalue weighted by molar-refractivity contribution is 0.0732. The number of hydrogen-bond acceptors (Lipinski definition) is 8. The second-order valence-corrected chi connectivity index (χ2v) is 7.96. The molecule has 0 atom stereocenters. The molecule has 0 unspecified atom stereocenters. The van der Waals surface area contributed by atoms with Crippen molar-refractivity contribution in [2.24, 2.45) is 0 Å². The smallest absolute Gasteiger partial charge is 0.254 e. The summed E-state index contributed by atoms with van der Waals surface area (Å²) in [5.41, 5.74) is 2.57. The van der Waals surface area contributed by atoms with Crippen LogP contribution in [0, 0.1) is 0 Å². The molecule has 0 aliphatic carbocycles. The van der Waals surface area contributed by atoms with Crippen LogP contribution in [0.5, 0.6) is 11.5 Å². The lowest BCUT2D eigenvalue weighted by Gasteiger charge is -2.34. The first-order chi connectivity index (χ1) is 15.5. The van der Waals surface area contributed by atoms with Crippen LogP contribution in [0.3, 0.4) is 0 Å². The average Bonchev–Trinajstić information content (AvgIpc) is 2.86. The molecule has 9 heteroatoms. The average molecular weight is 442 g/mol. The van der Waals surface area contributed by atoms with Gasteiger partial charge in [-0.1, -0.05) is 0 Å². The number of carbonyl (C=O) groups excluding carboxylic acids is 1. The fraction of sp³-hybridized carbons (Fsp3) is 0.522. The van der Waals surface area contributed by atoms with Gasteiger partial charge >= 0.3 is 0 Å². The molecule has 1 fully saturated rings. The van der Waals surface area contributed by atoms with Crippen molar-refractivity contribution < 1.29 is 19.0 Å². The minimum Gasteiger partial charge on any atom is -0.497 e. The minimum atomic E-state index is -0.0600. The number of rotatable bonds is 6. The van der Waals surface area contributed by atoms with Gasteiger partial charge in [-0.3, -0.25) is 4.79 Å². The van der Waals surface area contributed by atoms with Crippen molar-refractivity contribution in [1.82, 2.24) is 14.9 Å². The number of carbonyl (C=O) groups is 1. The molecule has 0 spiro atoms. The second kappa shape index (κ2) is 9.60. The molecule has 9 nitrogen and oxygen atoms in total. The maximum Gasteiger partial charge on any atom is 0.254 e. The number of fused-ring (bicyclic) bond motifs is 1. The van der Waals surface area contributed by atoms with Crippen LogP contribution in [-0.2, 0) is 17.7 Å². The van der Waals surface area contributed by atoms with Gasteiger partial charge in [-0.15, -0.1) is 0 Å². The van der Waals surface area contributed by atoms with Gasteiger partial charge in [0, 0.05) is 56.8 Å². The standard InChI is InChI=1S/C23H31N5O4/c1-5-26(2)21-19-15-28(22(29)16-12-17(30-3)14-18(13-16)31-4)7-6-20(19)24-23(25-21)27-8-10-32-11-9-27/h12-14H,5-11,15H2,1-4H3. The van der Waals surface area contributed by atoms with Gasteiger partial charge in [0.25, 0.3) is 5.91 Å². The number of methoxy groups -OCH3 is 2. The van der Waals surface area contributed by atoms with Crippen molar-refractivity contribution >= 4 is 17.7 Å². The Morgan fingerprint density at radius 3 is 2.41 bits per heavy atom. The van der Waals surface area contributed by atoms with Crippen molar-refractivity contribution in [2.45, 2.75) is 19.9 Å². The van der Waals surface area contributed by atoms with Crippen LogP contribution in [0.25, 0.3) is 0 Å². The van der Waals surface area contributed by atoms with E-state index in [1.54, 1.807) is 32.4 Å². The van der Waals surface area contributed by atoms with Gasteiger partial charge in [-0.2, -0.15) is 4.98 Å². The first kappa shape index (κ1) is 22.1. The number of amides is 1. The Morgan fingerprint density at radius 2 is 1.78 bits per heavy atom. The molecule has 0 N–H and O–H groups in total. The number of hydrogen-bond donors (Lipinski definition) is 0. The fourth-order valence-electron chi connectivity index (χ4n) is 4.04. The van der Waals surface area contributed by atoms with Crippen molar-refractivity contribution in [3.05, 3.63) is 35.0 Å². The highest BCUT2D eigenvalue weighted by Gasteiger charge is 2.29. The predicted octanol–water partition coefficient (Wildman–Crippen LogP) is 1.98. The van der Waals surface area contributed by atoms with E-state index in [-0.39, 0.29) is 5.91 Å². The maximum absolute atomic E-state index is 13.3. The molecule has 0 radical (unpaired) electrons. The normalized spacial score (nSPS) is 15.9. The van der Waals surface area contributed by atoms with Gasteiger partial charge in [0.2, 0.25) is 5.95 Å². The Morgan fingerprint density at radius 1 is 1.09 bits per heavy atom. The van der Waals surface area contributed by atoms with E-state index in [1.165, 1.54) is 0 Å². The topological polar surface area (TPSA) is 80.3 Å². The molecule has 1 aromatic carbocycles. The van der Waals surface area contributed by atoms with Crippen molar-refractivity contribution in [3.63, 3.8) is 0 Å². The highest BCUT2D eigenvalue weighted by atomic mass is 16.5. The Kier molecular flexibility index (Phi) is 6.64. The van der Waals surface area contributed by atoms with E-state index < -0.39 is 0 Å². The molecule has 2 aliphatic rings. The molecule has 32 heavy (non-hydrogen) atoms. The Balaban J connectivity index is 1.64. The molecule has 4 rings (SSSR count). The first-order valence-electron chi connectivity index (χ1n) is 11.0. The molecule has 172 valence electrons.